The average Bonchev–Trinajstić information content (AvgIpc) is 3.15. The van der Waals surface area contributed by atoms with Crippen molar-refractivity contribution in [2.45, 2.75) is 32.4 Å². The van der Waals surface area contributed by atoms with Gasteiger partial charge >= 0.3 is 0 Å². The van der Waals surface area contributed by atoms with E-state index in [1.165, 1.54) is 18.4 Å². The first kappa shape index (κ1) is 13.0. The summed E-state index contributed by atoms with van der Waals surface area (Å²) in [5, 5.41) is 14.7. The lowest BCUT2D eigenvalue weighted by atomic mass is 10.0. The largest absolute Gasteiger partial charge is 0.303 e. The van der Waals surface area contributed by atoms with Crippen LogP contribution in [0.1, 0.15) is 34.5 Å². The lowest BCUT2D eigenvalue weighted by molar-refractivity contribution is 0.478. The van der Waals surface area contributed by atoms with Gasteiger partial charge in [0, 0.05) is 11.1 Å². The molecule has 1 atom stereocenters. The lowest BCUT2D eigenvalue weighted by Crippen LogP contribution is -2.22. The van der Waals surface area contributed by atoms with Crippen molar-refractivity contribution in [1.29, 1.82) is 0 Å². The molecule has 0 saturated heterocycles. The molecule has 1 saturated carbocycles. The number of nitrogens with one attached hydrogen (secondary N) is 1. The number of aromatic nitrogens is 2. The predicted octanol–water partition coefficient (Wildman–Crippen LogP) is 3.74. The van der Waals surface area contributed by atoms with Crippen molar-refractivity contribution < 1.29 is 0 Å². The zero-order valence-corrected chi connectivity index (χ0v) is 12.3. The molecule has 0 aliphatic heterocycles. The minimum atomic E-state index is 0.404. The summed E-state index contributed by atoms with van der Waals surface area (Å²) in [6.45, 7) is 2.77. The van der Waals surface area contributed by atoms with Crippen molar-refractivity contribution in [3.05, 3.63) is 44.9 Å². The van der Waals surface area contributed by atoms with E-state index < -0.39 is 0 Å². The monoisotopic (exact) mass is 293 g/mol. The van der Waals surface area contributed by atoms with Crippen LogP contribution >= 0.6 is 22.9 Å². The van der Waals surface area contributed by atoms with E-state index in [1.54, 1.807) is 11.3 Å². The minimum absolute atomic E-state index is 0.404. The number of rotatable bonds is 5. The van der Waals surface area contributed by atoms with Gasteiger partial charge in [0.15, 0.2) is 0 Å². The first-order valence-corrected chi connectivity index (χ1v) is 7.69. The fourth-order valence-electron chi connectivity index (χ4n) is 2.26. The van der Waals surface area contributed by atoms with Gasteiger partial charge in [-0.1, -0.05) is 23.7 Å². The van der Waals surface area contributed by atoms with Crippen LogP contribution in [0, 0.1) is 12.8 Å². The van der Waals surface area contributed by atoms with E-state index in [9.17, 15) is 0 Å². The first-order valence-electron chi connectivity index (χ1n) is 6.50. The fourth-order valence-corrected chi connectivity index (χ4v) is 3.05. The van der Waals surface area contributed by atoms with Crippen LogP contribution in [0.25, 0.3) is 0 Å². The van der Waals surface area contributed by atoms with Crippen molar-refractivity contribution in [2.24, 2.45) is 5.92 Å². The Balaban J connectivity index is 1.69. The summed E-state index contributed by atoms with van der Waals surface area (Å²) in [4.78, 5) is 0. The highest BCUT2D eigenvalue weighted by Crippen LogP contribution is 2.41. The van der Waals surface area contributed by atoms with Crippen LogP contribution in [0.3, 0.4) is 0 Å². The second kappa shape index (κ2) is 5.57. The first-order chi connectivity index (χ1) is 9.22. The van der Waals surface area contributed by atoms with Crippen molar-refractivity contribution in [1.82, 2.24) is 15.5 Å². The topological polar surface area (TPSA) is 37.8 Å². The van der Waals surface area contributed by atoms with Crippen LogP contribution in [0.4, 0.5) is 0 Å². The highest BCUT2D eigenvalue weighted by molar-refractivity contribution is 7.11. The zero-order chi connectivity index (χ0) is 13.2. The standard InChI is InChI=1S/C14H16ClN3S/c1-9-17-18-13(19-9)8-16-14(10-2-3-10)11-4-6-12(15)7-5-11/h4-7,10,14,16H,2-3,8H2,1H3/t14-/m1/s1. The molecule has 1 N–H and O–H groups in total. The molecular weight excluding hydrogens is 278 g/mol. The average molecular weight is 294 g/mol. The maximum absolute atomic E-state index is 5.95. The molecule has 0 bridgehead atoms. The second-order valence-corrected chi connectivity index (χ2v) is 6.67. The molecule has 3 rings (SSSR count). The number of nitrogens with zero attached hydrogens (tertiary/aromatic N) is 2. The van der Waals surface area contributed by atoms with E-state index in [0.29, 0.717) is 6.04 Å². The van der Waals surface area contributed by atoms with Gasteiger partial charge in [0.1, 0.15) is 10.0 Å². The van der Waals surface area contributed by atoms with Crippen LogP contribution in [-0.2, 0) is 6.54 Å². The molecule has 19 heavy (non-hydrogen) atoms. The van der Waals surface area contributed by atoms with Gasteiger partial charge in [0.05, 0.1) is 6.54 Å². The smallest absolute Gasteiger partial charge is 0.131 e. The van der Waals surface area contributed by atoms with E-state index in [-0.39, 0.29) is 0 Å². The Kier molecular flexibility index (Phi) is 3.82. The van der Waals surface area contributed by atoms with Gasteiger partial charge in [-0.15, -0.1) is 21.5 Å². The number of hydrogen-bond acceptors (Lipinski definition) is 4. The Morgan fingerprint density at radius 3 is 2.63 bits per heavy atom. The fraction of sp³-hybridized carbons (Fsp3) is 0.429. The molecule has 1 aliphatic rings. The van der Waals surface area contributed by atoms with E-state index in [1.807, 2.05) is 19.1 Å². The van der Waals surface area contributed by atoms with Crippen molar-refractivity contribution in [3.63, 3.8) is 0 Å². The molecule has 0 unspecified atom stereocenters. The van der Waals surface area contributed by atoms with Crippen LogP contribution in [0.2, 0.25) is 5.02 Å². The van der Waals surface area contributed by atoms with E-state index in [4.69, 9.17) is 11.6 Å². The van der Waals surface area contributed by atoms with Crippen molar-refractivity contribution in [2.75, 3.05) is 0 Å². The number of aryl methyl sites for hydroxylation is 1. The molecular formula is C14H16ClN3S. The minimum Gasteiger partial charge on any atom is -0.303 e. The molecule has 0 radical (unpaired) electrons. The summed E-state index contributed by atoms with van der Waals surface area (Å²) in [6, 6.07) is 8.56. The third-order valence-corrected chi connectivity index (χ3v) is 4.45. The normalized spacial score (nSPS) is 16.5. The molecule has 1 heterocycles. The summed E-state index contributed by atoms with van der Waals surface area (Å²) >= 11 is 7.60. The molecule has 2 aromatic rings. The predicted molar refractivity (Wildman–Crippen MR) is 78.4 cm³/mol. The van der Waals surface area contributed by atoms with Gasteiger partial charge in [0.25, 0.3) is 0 Å². The Morgan fingerprint density at radius 2 is 2.05 bits per heavy atom. The van der Waals surface area contributed by atoms with Crippen molar-refractivity contribution >= 4 is 22.9 Å². The quantitative estimate of drug-likeness (QED) is 0.912. The zero-order valence-electron chi connectivity index (χ0n) is 10.8. The molecule has 1 aliphatic carbocycles. The lowest BCUT2D eigenvalue weighted by Gasteiger charge is -2.18. The van der Waals surface area contributed by atoms with Gasteiger partial charge in [-0.25, -0.2) is 0 Å². The summed E-state index contributed by atoms with van der Waals surface area (Å²) in [5.41, 5.74) is 1.31. The van der Waals surface area contributed by atoms with E-state index in [0.717, 1.165) is 27.5 Å². The third kappa shape index (κ3) is 3.32. The highest BCUT2D eigenvalue weighted by Gasteiger charge is 2.32. The van der Waals surface area contributed by atoms with Gasteiger partial charge in [0.2, 0.25) is 0 Å². The Hall–Kier alpha value is -0.970. The Bertz CT molecular complexity index is 548. The molecule has 1 fully saturated rings. The van der Waals surface area contributed by atoms with Gasteiger partial charge in [-0.2, -0.15) is 0 Å². The summed E-state index contributed by atoms with van der Waals surface area (Å²) < 4.78 is 0. The highest BCUT2D eigenvalue weighted by atomic mass is 35.5. The van der Waals surface area contributed by atoms with Gasteiger partial charge < -0.3 is 5.32 Å². The summed E-state index contributed by atoms with van der Waals surface area (Å²) in [7, 11) is 0. The van der Waals surface area contributed by atoms with Crippen LogP contribution in [0.15, 0.2) is 24.3 Å². The Morgan fingerprint density at radius 1 is 1.32 bits per heavy atom. The molecule has 3 nitrogen and oxygen atoms in total. The Labute approximate surface area is 122 Å². The molecule has 1 aromatic heterocycles. The van der Waals surface area contributed by atoms with Gasteiger partial charge in [-0.05, 0) is 43.4 Å². The number of hydrogen-bond donors (Lipinski definition) is 1. The molecule has 1 aromatic carbocycles. The van der Waals surface area contributed by atoms with E-state index in [2.05, 4.69) is 27.6 Å². The SMILES string of the molecule is Cc1nnc(CN[C@@H](c2ccc(Cl)cc2)C2CC2)s1. The molecule has 0 spiro atoms. The van der Waals surface area contributed by atoms with E-state index >= 15 is 0 Å². The second-order valence-electron chi connectivity index (χ2n) is 4.96. The number of benzene rings is 1. The van der Waals surface area contributed by atoms with Crippen LogP contribution in [0.5, 0.6) is 0 Å². The maximum atomic E-state index is 5.95. The maximum Gasteiger partial charge on any atom is 0.131 e. The van der Waals surface area contributed by atoms with Crippen molar-refractivity contribution in [3.8, 4) is 0 Å². The molecule has 100 valence electrons. The molecule has 5 heteroatoms. The van der Waals surface area contributed by atoms with Crippen LogP contribution < -0.4 is 5.32 Å². The molecule has 0 amide bonds. The number of halogens is 1. The van der Waals surface area contributed by atoms with Crippen LogP contribution in [-0.4, -0.2) is 10.2 Å². The van der Waals surface area contributed by atoms with Gasteiger partial charge in [-0.3, -0.25) is 0 Å². The summed E-state index contributed by atoms with van der Waals surface area (Å²) in [5.74, 6) is 0.746. The summed E-state index contributed by atoms with van der Waals surface area (Å²) in [6.07, 6.45) is 2.60. The third-order valence-electron chi connectivity index (χ3n) is 3.36.